The average Bonchev–Trinajstić information content (AvgIpc) is 3.02. The topological polar surface area (TPSA) is 84.2 Å². The first-order valence-electron chi connectivity index (χ1n) is 10.2. The van der Waals surface area contributed by atoms with Crippen molar-refractivity contribution in [2.24, 2.45) is 5.73 Å². The van der Waals surface area contributed by atoms with E-state index in [0.29, 0.717) is 22.5 Å². The van der Waals surface area contributed by atoms with Crippen LogP contribution >= 0.6 is 23.6 Å². The highest BCUT2D eigenvalue weighted by Gasteiger charge is 2.21. The predicted molar refractivity (Wildman–Crippen MR) is 136 cm³/mol. The number of carbonyl (C=O) groups is 2. The fraction of sp³-hybridized carbons (Fsp3) is 0.240. The van der Waals surface area contributed by atoms with Gasteiger partial charge >= 0.3 is 0 Å². The Balaban J connectivity index is 1.74. The van der Waals surface area contributed by atoms with E-state index in [4.69, 9.17) is 18.0 Å². The fourth-order valence-electron chi connectivity index (χ4n) is 3.33. The number of carbonyl (C=O) groups excluding carboxylic acids is 2. The van der Waals surface area contributed by atoms with Crippen LogP contribution in [-0.2, 0) is 11.8 Å². The van der Waals surface area contributed by atoms with Crippen molar-refractivity contribution in [3.05, 3.63) is 87.3 Å². The lowest BCUT2D eigenvalue weighted by Gasteiger charge is -2.19. The van der Waals surface area contributed by atoms with Crippen LogP contribution in [-0.4, -0.2) is 16.9 Å². The summed E-state index contributed by atoms with van der Waals surface area (Å²) in [4.78, 5) is 25.7. The van der Waals surface area contributed by atoms with Gasteiger partial charge in [0, 0.05) is 16.9 Å². The molecule has 0 spiro atoms. The van der Waals surface area contributed by atoms with Gasteiger partial charge in [-0.25, -0.2) is 0 Å². The van der Waals surface area contributed by atoms with Crippen LogP contribution in [0.5, 0.6) is 0 Å². The Kier molecular flexibility index (Phi) is 7.11. The second-order valence-corrected chi connectivity index (χ2v) is 10.1. The SMILES string of the molecule is Cc1c(Cc2ccccc2)sc(NC(=S)NC(=O)c2ccc(C(C)(C)C)cc2)c1C(N)=O. The minimum atomic E-state index is -0.535. The molecule has 0 saturated heterocycles. The molecule has 2 aromatic carbocycles. The summed E-state index contributed by atoms with van der Waals surface area (Å²) >= 11 is 6.75. The largest absolute Gasteiger partial charge is 0.365 e. The highest BCUT2D eigenvalue weighted by molar-refractivity contribution is 7.80. The molecule has 1 heterocycles. The van der Waals surface area contributed by atoms with Gasteiger partial charge in [-0.15, -0.1) is 11.3 Å². The summed E-state index contributed by atoms with van der Waals surface area (Å²) in [5, 5.41) is 6.33. The number of rotatable bonds is 5. The van der Waals surface area contributed by atoms with E-state index in [1.807, 2.05) is 49.4 Å². The first kappa shape index (κ1) is 23.6. The maximum atomic E-state index is 12.6. The summed E-state index contributed by atoms with van der Waals surface area (Å²) in [6, 6.07) is 17.4. The van der Waals surface area contributed by atoms with E-state index in [0.717, 1.165) is 21.6 Å². The van der Waals surface area contributed by atoms with Crippen molar-refractivity contribution in [3.8, 4) is 0 Å². The Morgan fingerprint density at radius 2 is 1.66 bits per heavy atom. The number of thiophene rings is 1. The number of hydrogen-bond acceptors (Lipinski definition) is 4. The quantitative estimate of drug-likeness (QED) is 0.454. The molecule has 0 aliphatic carbocycles. The van der Waals surface area contributed by atoms with E-state index < -0.39 is 5.91 Å². The van der Waals surface area contributed by atoms with Crippen LogP contribution < -0.4 is 16.4 Å². The zero-order valence-corrected chi connectivity index (χ0v) is 20.2. The molecule has 0 unspecified atom stereocenters. The molecule has 0 aliphatic heterocycles. The number of primary amides is 1. The van der Waals surface area contributed by atoms with E-state index in [9.17, 15) is 9.59 Å². The first-order valence-corrected chi connectivity index (χ1v) is 11.5. The van der Waals surface area contributed by atoms with Crippen LogP contribution in [0.4, 0.5) is 5.00 Å². The lowest BCUT2D eigenvalue weighted by molar-refractivity contribution is 0.0975. The van der Waals surface area contributed by atoms with Crippen LogP contribution in [0.2, 0.25) is 0 Å². The first-order chi connectivity index (χ1) is 15.1. The molecule has 0 fully saturated rings. The van der Waals surface area contributed by atoms with Crippen molar-refractivity contribution in [1.82, 2.24) is 5.32 Å². The standard InChI is InChI=1S/C25H27N3O2S2/c1-15-19(14-16-8-6-5-7-9-16)32-23(20(15)21(26)29)28-24(31)27-22(30)17-10-12-18(13-11-17)25(2,3)4/h5-13H,14H2,1-4H3,(H2,26,29)(H2,27,28,30,31). The predicted octanol–water partition coefficient (Wildman–Crippen LogP) is 5.17. The second kappa shape index (κ2) is 9.63. The summed E-state index contributed by atoms with van der Waals surface area (Å²) < 4.78 is 0. The number of thiocarbonyl (C=S) groups is 1. The fourth-order valence-corrected chi connectivity index (χ4v) is 4.83. The number of nitrogens with two attached hydrogens (primary N) is 1. The van der Waals surface area contributed by atoms with Crippen molar-refractivity contribution >= 4 is 45.5 Å². The van der Waals surface area contributed by atoms with Gasteiger partial charge in [0.25, 0.3) is 11.8 Å². The highest BCUT2D eigenvalue weighted by atomic mass is 32.1. The third kappa shape index (κ3) is 5.60. The zero-order chi connectivity index (χ0) is 23.5. The molecular formula is C25H27N3O2S2. The highest BCUT2D eigenvalue weighted by Crippen LogP contribution is 2.34. The van der Waals surface area contributed by atoms with Gasteiger partial charge in [-0.3, -0.25) is 14.9 Å². The number of benzene rings is 2. The number of hydrogen-bond donors (Lipinski definition) is 3. The minimum Gasteiger partial charge on any atom is -0.365 e. The summed E-state index contributed by atoms with van der Waals surface area (Å²) in [5.74, 6) is -0.853. The van der Waals surface area contributed by atoms with Crippen molar-refractivity contribution in [3.63, 3.8) is 0 Å². The van der Waals surface area contributed by atoms with E-state index in [2.05, 4.69) is 31.4 Å². The van der Waals surface area contributed by atoms with E-state index in [1.54, 1.807) is 12.1 Å². The average molecular weight is 466 g/mol. The molecular weight excluding hydrogens is 438 g/mol. The van der Waals surface area contributed by atoms with Crippen molar-refractivity contribution in [1.29, 1.82) is 0 Å². The summed E-state index contributed by atoms with van der Waals surface area (Å²) in [5.41, 5.74) is 9.63. The third-order valence-electron chi connectivity index (χ3n) is 5.17. The summed E-state index contributed by atoms with van der Waals surface area (Å²) in [7, 11) is 0. The van der Waals surface area contributed by atoms with Crippen LogP contribution in [0.3, 0.4) is 0 Å². The van der Waals surface area contributed by atoms with Crippen molar-refractivity contribution < 1.29 is 9.59 Å². The Hall–Kier alpha value is -3.03. The van der Waals surface area contributed by atoms with Gasteiger partial charge in [-0.2, -0.15) is 0 Å². The van der Waals surface area contributed by atoms with Crippen LogP contribution in [0.1, 0.15) is 63.1 Å². The monoisotopic (exact) mass is 465 g/mol. The molecule has 7 heteroatoms. The van der Waals surface area contributed by atoms with Crippen molar-refractivity contribution in [2.45, 2.75) is 39.5 Å². The third-order valence-corrected chi connectivity index (χ3v) is 6.58. The lowest BCUT2D eigenvalue weighted by atomic mass is 9.87. The van der Waals surface area contributed by atoms with Gasteiger partial charge in [-0.1, -0.05) is 63.2 Å². The molecule has 1 aromatic heterocycles. The minimum absolute atomic E-state index is 0.00547. The second-order valence-electron chi connectivity index (χ2n) is 8.62. The number of anilines is 1. The molecule has 0 saturated carbocycles. The molecule has 5 nitrogen and oxygen atoms in total. The maximum absolute atomic E-state index is 12.6. The number of nitrogens with one attached hydrogen (secondary N) is 2. The Morgan fingerprint density at radius 3 is 2.22 bits per heavy atom. The van der Waals surface area contributed by atoms with Gasteiger partial charge in [0.1, 0.15) is 5.00 Å². The Labute approximate surface area is 198 Å². The van der Waals surface area contributed by atoms with Crippen LogP contribution in [0.15, 0.2) is 54.6 Å². The molecule has 0 aliphatic rings. The van der Waals surface area contributed by atoms with Crippen LogP contribution in [0.25, 0.3) is 0 Å². The van der Waals surface area contributed by atoms with E-state index in [1.165, 1.54) is 11.3 Å². The molecule has 32 heavy (non-hydrogen) atoms. The van der Waals surface area contributed by atoms with E-state index >= 15 is 0 Å². The van der Waals surface area contributed by atoms with E-state index in [-0.39, 0.29) is 16.4 Å². The molecule has 2 amide bonds. The summed E-state index contributed by atoms with van der Waals surface area (Å²) in [6.07, 6.45) is 0.679. The van der Waals surface area contributed by atoms with Gasteiger partial charge in [0.2, 0.25) is 0 Å². The molecule has 4 N–H and O–H groups in total. The smallest absolute Gasteiger partial charge is 0.257 e. The molecule has 3 aromatic rings. The van der Waals surface area contributed by atoms with Gasteiger partial charge in [-0.05, 0) is 53.4 Å². The van der Waals surface area contributed by atoms with Crippen molar-refractivity contribution in [2.75, 3.05) is 5.32 Å². The van der Waals surface area contributed by atoms with Gasteiger partial charge < -0.3 is 11.1 Å². The Bertz CT molecular complexity index is 1140. The molecule has 166 valence electrons. The van der Waals surface area contributed by atoms with Crippen LogP contribution in [0, 0.1) is 6.92 Å². The molecule has 0 atom stereocenters. The van der Waals surface area contributed by atoms with Gasteiger partial charge in [0.05, 0.1) is 5.56 Å². The molecule has 0 bridgehead atoms. The normalized spacial score (nSPS) is 11.1. The lowest BCUT2D eigenvalue weighted by Crippen LogP contribution is -2.34. The Morgan fingerprint density at radius 1 is 1.03 bits per heavy atom. The molecule has 0 radical (unpaired) electrons. The zero-order valence-electron chi connectivity index (χ0n) is 18.6. The number of amides is 2. The summed E-state index contributed by atoms with van der Waals surface area (Å²) in [6.45, 7) is 8.23. The maximum Gasteiger partial charge on any atom is 0.257 e. The van der Waals surface area contributed by atoms with Gasteiger partial charge in [0.15, 0.2) is 5.11 Å². The molecule has 3 rings (SSSR count).